The van der Waals surface area contributed by atoms with Crippen LogP contribution in [0.15, 0.2) is 42.7 Å². The maximum atomic E-state index is 13.9. The lowest BCUT2D eigenvalue weighted by atomic mass is 10.00. The minimum atomic E-state index is -0.698. The minimum absolute atomic E-state index is 0.0749. The molecule has 0 spiro atoms. The molecule has 1 heterocycles. The molecule has 2 rings (SSSR count). The van der Waals surface area contributed by atoms with Crippen molar-refractivity contribution in [3.63, 3.8) is 0 Å². The second-order valence-corrected chi connectivity index (χ2v) is 5.80. The number of ether oxygens (including phenoxy) is 1. The van der Waals surface area contributed by atoms with Gasteiger partial charge in [-0.3, -0.25) is 0 Å². The summed E-state index contributed by atoms with van der Waals surface area (Å²) in [7, 11) is 1.53. The third kappa shape index (κ3) is 4.56. The summed E-state index contributed by atoms with van der Waals surface area (Å²) in [5.74, 6) is -0.387. The third-order valence-electron chi connectivity index (χ3n) is 3.63. The number of anilines is 1. The molecule has 0 unspecified atom stereocenters. The summed E-state index contributed by atoms with van der Waals surface area (Å²) in [6, 6.07) is 7.46. The zero-order chi connectivity index (χ0) is 17.6. The van der Waals surface area contributed by atoms with Crippen LogP contribution < -0.4 is 10.6 Å². The van der Waals surface area contributed by atoms with Gasteiger partial charge in [-0.05, 0) is 43.7 Å². The number of carbonyl (C=O) groups is 1. The summed E-state index contributed by atoms with van der Waals surface area (Å²) in [4.78, 5) is 12.2. The van der Waals surface area contributed by atoms with Crippen LogP contribution in [0.25, 0.3) is 5.69 Å². The van der Waals surface area contributed by atoms with E-state index < -0.39 is 11.6 Å². The molecule has 0 radical (unpaired) electrons. The highest BCUT2D eigenvalue weighted by atomic mass is 19.1. The average Bonchev–Trinajstić information content (AvgIpc) is 3.03. The molecule has 0 aliphatic rings. The third-order valence-corrected chi connectivity index (χ3v) is 3.63. The number of aromatic nitrogens is 1. The van der Waals surface area contributed by atoms with E-state index >= 15 is 0 Å². The summed E-state index contributed by atoms with van der Waals surface area (Å²) < 4.78 is 20.7. The topological polar surface area (TPSA) is 75.5 Å². The molecule has 0 saturated carbocycles. The van der Waals surface area contributed by atoms with Gasteiger partial charge in [0.15, 0.2) is 0 Å². The van der Waals surface area contributed by atoms with Crippen molar-refractivity contribution in [3.8, 4) is 5.69 Å². The Morgan fingerprint density at radius 1 is 1.38 bits per heavy atom. The summed E-state index contributed by atoms with van der Waals surface area (Å²) in [5, 5.41) is 14.6. The van der Waals surface area contributed by atoms with Crippen LogP contribution in [0.2, 0.25) is 0 Å². The molecule has 24 heavy (non-hydrogen) atoms. The highest BCUT2D eigenvalue weighted by Crippen LogP contribution is 2.19. The first-order chi connectivity index (χ1) is 11.5. The molecule has 0 bridgehead atoms. The molecule has 0 fully saturated rings. The molecule has 130 valence electrons. The van der Waals surface area contributed by atoms with Gasteiger partial charge in [-0.1, -0.05) is 0 Å². The van der Waals surface area contributed by atoms with Crippen molar-refractivity contribution in [2.24, 2.45) is 0 Å². The number of nitrogens with zero attached hydrogens (tertiary/aromatic N) is 1. The predicted octanol–water partition coefficient (Wildman–Crippen LogP) is 2.53. The number of benzene rings is 1. The number of hydrogen-bond acceptors (Lipinski definition) is 3. The fourth-order valence-electron chi connectivity index (χ4n) is 2.46. The average molecular weight is 335 g/mol. The van der Waals surface area contributed by atoms with Crippen LogP contribution in [0, 0.1) is 5.82 Å². The molecule has 2 aromatic rings. The molecular weight excluding hydrogens is 313 g/mol. The van der Waals surface area contributed by atoms with Crippen molar-refractivity contribution in [1.29, 1.82) is 0 Å². The number of rotatable bonds is 7. The Labute approximate surface area is 140 Å². The molecule has 1 aromatic carbocycles. The Morgan fingerprint density at radius 2 is 2.08 bits per heavy atom. The largest absolute Gasteiger partial charge is 0.396 e. The maximum Gasteiger partial charge on any atom is 0.319 e. The molecule has 0 aliphatic heterocycles. The first kappa shape index (κ1) is 18.0. The molecule has 7 heteroatoms. The summed E-state index contributed by atoms with van der Waals surface area (Å²) in [6.45, 7) is 1.97. The van der Waals surface area contributed by atoms with Gasteiger partial charge in [-0.25, -0.2) is 9.18 Å². The lowest BCUT2D eigenvalue weighted by Gasteiger charge is -2.29. The van der Waals surface area contributed by atoms with Gasteiger partial charge < -0.3 is 25.0 Å². The predicted molar refractivity (Wildman–Crippen MR) is 89.9 cm³/mol. The van der Waals surface area contributed by atoms with Gasteiger partial charge in [-0.2, -0.15) is 0 Å². The SMILES string of the molecule is COC[C@@](C)(CCO)NC(=O)Nc1ccc(F)c(-n2cccc2)c1. The Kier molecular flexibility index (Phi) is 5.94. The lowest BCUT2D eigenvalue weighted by molar-refractivity contribution is 0.104. The zero-order valence-corrected chi connectivity index (χ0v) is 13.8. The molecule has 1 atom stereocenters. The van der Waals surface area contributed by atoms with Crippen LogP contribution in [-0.4, -0.2) is 41.6 Å². The Balaban J connectivity index is 2.10. The van der Waals surface area contributed by atoms with E-state index in [1.807, 2.05) is 0 Å². The van der Waals surface area contributed by atoms with Crippen molar-refractivity contribution < 1.29 is 19.0 Å². The van der Waals surface area contributed by atoms with Crippen molar-refractivity contribution in [2.45, 2.75) is 18.9 Å². The number of amides is 2. The number of halogens is 1. The number of aliphatic hydroxyl groups excluding tert-OH is 1. The van der Waals surface area contributed by atoms with Crippen LogP contribution in [-0.2, 0) is 4.74 Å². The van der Waals surface area contributed by atoms with Crippen LogP contribution >= 0.6 is 0 Å². The van der Waals surface area contributed by atoms with E-state index in [1.54, 1.807) is 42.1 Å². The maximum absolute atomic E-state index is 13.9. The monoisotopic (exact) mass is 335 g/mol. The summed E-state index contributed by atoms with van der Waals surface area (Å²) >= 11 is 0. The normalized spacial score (nSPS) is 13.3. The molecular formula is C17H22FN3O3. The van der Waals surface area contributed by atoms with Gasteiger partial charge in [0.2, 0.25) is 0 Å². The van der Waals surface area contributed by atoms with Crippen LogP contribution in [0.5, 0.6) is 0 Å². The number of nitrogens with one attached hydrogen (secondary N) is 2. The second-order valence-electron chi connectivity index (χ2n) is 5.80. The molecule has 3 N–H and O–H groups in total. The highest BCUT2D eigenvalue weighted by Gasteiger charge is 2.26. The second kappa shape index (κ2) is 7.94. The van der Waals surface area contributed by atoms with Crippen molar-refractivity contribution in [1.82, 2.24) is 9.88 Å². The van der Waals surface area contributed by atoms with Gasteiger partial charge in [0.05, 0.1) is 17.8 Å². The van der Waals surface area contributed by atoms with Gasteiger partial charge in [0.1, 0.15) is 5.82 Å². The number of urea groups is 1. The number of carbonyl (C=O) groups excluding carboxylic acids is 1. The number of methoxy groups -OCH3 is 1. The standard InChI is InChI=1S/C17H22FN3O3/c1-17(7-10-22,12-24-2)20-16(23)19-13-5-6-14(18)15(11-13)21-8-3-4-9-21/h3-6,8-9,11,22H,7,10,12H2,1-2H3,(H2,19,20,23)/t17-/m1/s1. The Morgan fingerprint density at radius 3 is 2.71 bits per heavy atom. The van der Waals surface area contributed by atoms with Crippen LogP contribution in [0.4, 0.5) is 14.9 Å². The highest BCUT2D eigenvalue weighted by molar-refractivity contribution is 5.90. The van der Waals surface area contributed by atoms with E-state index in [-0.39, 0.29) is 19.0 Å². The van der Waals surface area contributed by atoms with Gasteiger partial charge in [0, 0.05) is 31.8 Å². The fraction of sp³-hybridized carbons (Fsp3) is 0.353. The first-order valence-corrected chi connectivity index (χ1v) is 7.59. The van der Waals surface area contributed by atoms with Gasteiger partial charge >= 0.3 is 6.03 Å². The minimum Gasteiger partial charge on any atom is -0.396 e. The number of hydrogen-bond donors (Lipinski definition) is 3. The lowest BCUT2D eigenvalue weighted by Crippen LogP contribution is -2.51. The smallest absolute Gasteiger partial charge is 0.319 e. The molecule has 2 amide bonds. The van der Waals surface area contributed by atoms with Crippen molar-refractivity contribution >= 4 is 11.7 Å². The molecule has 0 saturated heterocycles. The first-order valence-electron chi connectivity index (χ1n) is 7.59. The van der Waals surface area contributed by atoms with Crippen molar-refractivity contribution in [2.75, 3.05) is 25.6 Å². The van der Waals surface area contributed by atoms with E-state index in [0.717, 1.165) is 0 Å². The zero-order valence-electron chi connectivity index (χ0n) is 13.8. The molecule has 6 nitrogen and oxygen atoms in total. The van der Waals surface area contributed by atoms with E-state index in [1.165, 1.54) is 19.2 Å². The van der Waals surface area contributed by atoms with Crippen LogP contribution in [0.3, 0.4) is 0 Å². The van der Waals surface area contributed by atoms with E-state index in [2.05, 4.69) is 10.6 Å². The summed E-state index contributed by atoms with van der Waals surface area (Å²) in [6.07, 6.45) is 3.80. The van der Waals surface area contributed by atoms with E-state index in [9.17, 15) is 9.18 Å². The molecule has 1 aromatic heterocycles. The van der Waals surface area contributed by atoms with Crippen molar-refractivity contribution in [3.05, 3.63) is 48.5 Å². The van der Waals surface area contributed by atoms with Crippen LogP contribution in [0.1, 0.15) is 13.3 Å². The number of aliphatic hydroxyl groups is 1. The van der Waals surface area contributed by atoms with Gasteiger partial charge in [-0.15, -0.1) is 0 Å². The molecule has 0 aliphatic carbocycles. The van der Waals surface area contributed by atoms with E-state index in [0.29, 0.717) is 17.8 Å². The fourth-order valence-corrected chi connectivity index (χ4v) is 2.46. The Hall–Kier alpha value is -2.38. The van der Waals surface area contributed by atoms with E-state index in [4.69, 9.17) is 9.84 Å². The Bertz CT molecular complexity index is 668. The summed E-state index contributed by atoms with van der Waals surface area (Å²) in [5.41, 5.74) is 0.103. The van der Waals surface area contributed by atoms with Gasteiger partial charge in [0.25, 0.3) is 0 Å². The quantitative estimate of drug-likeness (QED) is 0.728.